The van der Waals surface area contributed by atoms with Gasteiger partial charge < -0.3 is 0 Å². The van der Waals surface area contributed by atoms with Crippen LogP contribution in [0.25, 0.3) is 0 Å². The molecule has 0 aliphatic rings. The van der Waals surface area contributed by atoms with Gasteiger partial charge in [-0.1, -0.05) is 45.7 Å². The van der Waals surface area contributed by atoms with Crippen LogP contribution < -0.4 is 11.3 Å². The predicted molar refractivity (Wildman–Crippen MR) is 87.0 cm³/mol. The van der Waals surface area contributed by atoms with Crippen LogP contribution in [0, 0.1) is 5.82 Å². The van der Waals surface area contributed by atoms with E-state index in [1.807, 2.05) is 18.2 Å². The lowest BCUT2D eigenvalue weighted by atomic mass is 9.99. The first-order valence-corrected chi connectivity index (χ1v) is 7.83. The summed E-state index contributed by atoms with van der Waals surface area (Å²) in [7, 11) is 0. The van der Waals surface area contributed by atoms with E-state index in [2.05, 4.69) is 37.3 Å². The van der Waals surface area contributed by atoms with Crippen LogP contribution >= 0.6 is 43.5 Å². The van der Waals surface area contributed by atoms with Gasteiger partial charge >= 0.3 is 0 Å². The zero-order valence-corrected chi connectivity index (χ0v) is 14.3. The maximum atomic E-state index is 13.9. The van der Waals surface area contributed by atoms with E-state index in [-0.39, 0.29) is 11.9 Å². The van der Waals surface area contributed by atoms with Gasteiger partial charge in [0.05, 0.1) is 11.1 Å². The zero-order chi connectivity index (χ0) is 14.7. The van der Waals surface area contributed by atoms with Crippen LogP contribution in [0.1, 0.15) is 17.2 Å². The van der Waals surface area contributed by atoms with E-state index in [1.54, 1.807) is 12.1 Å². The smallest absolute Gasteiger partial charge is 0.127 e. The Kier molecular flexibility index (Phi) is 5.57. The number of nitrogens with one attached hydrogen (secondary N) is 1. The van der Waals surface area contributed by atoms with Crippen molar-refractivity contribution in [3.8, 4) is 0 Å². The second kappa shape index (κ2) is 7.00. The summed E-state index contributed by atoms with van der Waals surface area (Å²) in [4.78, 5) is 0. The first-order valence-electron chi connectivity index (χ1n) is 5.87. The van der Waals surface area contributed by atoms with Crippen molar-refractivity contribution in [3.05, 3.63) is 67.3 Å². The van der Waals surface area contributed by atoms with E-state index >= 15 is 0 Å². The molecule has 0 radical (unpaired) electrons. The second-order valence-corrected chi connectivity index (χ2v) is 6.45. The highest BCUT2D eigenvalue weighted by Crippen LogP contribution is 2.32. The maximum absolute atomic E-state index is 13.9. The molecule has 0 heterocycles. The normalized spacial score (nSPS) is 12.4. The molecule has 0 saturated heterocycles. The maximum Gasteiger partial charge on any atom is 0.127 e. The lowest BCUT2D eigenvalue weighted by Crippen LogP contribution is -2.30. The molecule has 0 bridgehead atoms. The molecule has 0 amide bonds. The molecule has 6 heteroatoms. The van der Waals surface area contributed by atoms with E-state index in [0.29, 0.717) is 21.5 Å². The van der Waals surface area contributed by atoms with Crippen molar-refractivity contribution in [1.82, 2.24) is 5.43 Å². The Morgan fingerprint density at radius 2 is 2.00 bits per heavy atom. The molecule has 2 aromatic rings. The van der Waals surface area contributed by atoms with E-state index in [1.165, 1.54) is 6.07 Å². The molecule has 1 unspecified atom stereocenters. The van der Waals surface area contributed by atoms with Gasteiger partial charge in [-0.3, -0.25) is 11.3 Å². The van der Waals surface area contributed by atoms with Crippen molar-refractivity contribution in [2.75, 3.05) is 0 Å². The number of benzene rings is 2. The average Bonchev–Trinajstić information content (AvgIpc) is 2.42. The van der Waals surface area contributed by atoms with Gasteiger partial charge in [0.15, 0.2) is 0 Å². The molecule has 2 aromatic carbocycles. The Balaban J connectivity index is 2.31. The summed E-state index contributed by atoms with van der Waals surface area (Å²) in [6.07, 6.45) is 0.409. The van der Waals surface area contributed by atoms with Crippen molar-refractivity contribution in [1.29, 1.82) is 0 Å². The van der Waals surface area contributed by atoms with Gasteiger partial charge in [-0.05, 0) is 51.7 Å². The Morgan fingerprint density at radius 3 is 2.65 bits per heavy atom. The first kappa shape index (κ1) is 15.9. The fourth-order valence-electron chi connectivity index (χ4n) is 1.96. The zero-order valence-electron chi connectivity index (χ0n) is 10.3. The fourth-order valence-corrected chi connectivity index (χ4v) is 2.93. The Morgan fingerprint density at radius 1 is 1.25 bits per heavy atom. The van der Waals surface area contributed by atoms with Crippen LogP contribution in [0.2, 0.25) is 5.02 Å². The monoisotopic (exact) mass is 420 g/mol. The first-order chi connectivity index (χ1) is 9.52. The molecule has 0 aliphatic heterocycles. The molecule has 0 aromatic heterocycles. The Hall–Kier alpha value is -0.460. The summed E-state index contributed by atoms with van der Waals surface area (Å²) >= 11 is 12.9. The summed E-state index contributed by atoms with van der Waals surface area (Å²) in [5.74, 6) is 5.32. The minimum Gasteiger partial charge on any atom is -0.271 e. The van der Waals surface area contributed by atoms with Gasteiger partial charge in [-0.2, -0.15) is 0 Å². The highest BCUT2D eigenvalue weighted by atomic mass is 79.9. The third-order valence-corrected chi connectivity index (χ3v) is 4.80. The van der Waals surface area contributed by atoms with Crippen LogP contribution in [-0.2, 0) is 6.42 Å². The number of nitrogens with two attached hydrogens (primary N) is 1. The summed E-state index contributed by atoms with van der Waals surface area (Å²) in [6, 6.07) is 10.3. The van der Waals surface area contributed by atoms with Crippen LogP contribution in [0.3, 0.4) is 0 Å². The Bertz CT molecular complexity index is 622. The summed E-state index contributed by atoms with van der Waals surface area (Å²) in [5.41, 5.74) is 4.09. The van der Waals surface area contributed by atoms with Crippen LogP contribution in [0.5, 0.6) is 0 Å². The number of halogens is 4. The van der Waals surface area contributed by atoms with E-state index in [9.17, 15) is 4.39 Å². The van der Waals surface area contributed by atoms with Crippen molar-refractivity contribution in [2.24, 2.45) is 5.84 Å². The minimum absolute atomic E-state index is 0.268. The van der Waals surface area contributed by atoms with Crippen molar-refractivity contribution in [3.63, 3.8) is 0 Å². The SMILES string of the molecule is NNC(Cc1ccc(Br)cc1F)c1cccc(Br)c1Cl. The summed E-state index contributed by atoms with van der Waals surface area (Å²) in [5, 5.41) is 0.577. The minimum atomic E-state index is -0.272. The summed E-state index contributed by atoms with van der Waals surface area (Å²) < 4.78 is 15.4. The lowest BCUT2D eigenvalue weighted by Gasteiger charge is -2.19. The van der Waals surface area contributed by atoms with Crippen molar-refractivity contribution in [2.45, 2.75) is 12.5 Å². The largest absolute Gasteiger partial charge is 0.271 e. The van der Waals surface area contributed by atoms with Gasteiger partial charge in [0.25, 0.3) is 0 Å². The quantitative estimate of drug-likeness (QED) is 0.551. The van der Waals surface area contributed by atoms with Gasteiger partial charge in [0.1, 0.15) is 5.82 Å². The third-order valence-electron chi connectivity index (χ3n) is 3.00. The van der Waals surface area contributed by atoms with Gasteiger partial charge in [-0.25, -0.2) is 4.39 Å². The third kappa shape index (κ3) is 3.59. The molecular formula is C14H12Br2ClFN2. The standard InChI is InChI=1S/C14H12Br2ClFN2/c15-9-5-4-8(12(18)7-9)6-13(20-19)10-2-1-3-11(16)14(10)17/h1-5,7,13,20H,6,19H2. The van der Waals surface area contributed by atoms with Crippen LogP contribution in [0.15, 0.2) is 45.3 Å². The topological polar surface area (TPSA) is 38.0 Å². The van der Waals surface area contributed by atoms with Gasteiger partial charge in [0, 0.05) is 8.95 Å². The lowest BCUT2D eigenvalue weighted by molar-refractivity contribution is 0.529. The molecule has 1 atom stereocenters. The highest BCUT2D eigenvalue weighted by molar-refractivity contribution is 9.10. The van der Waals surface area contributed by atoms with Crippen molar-refractivity contribution >= 4 is 43.5 Å². The molecule has 0 spiro atoms. The fraction of sp³-hybridized carbons (Fsp3) is 0.143. The average molecular weight is 423 g/mol. The Labute approximate surface area is 138 Å². The number of hydrogen-bond acceptors (Lipinski definition) is 2. The van der Waals surface area contributed by atoms with Crippen LogP contribution in [0.4, 0.5) is 4.39 Å². The molecular weight excluding hydrogens is 410 g/mol. The van der Waals surface area contributed by atoms with Gasteiger partial charge in [0.2, 0.25) is 0 Å². The van der Waals surface area contributed by atoms with E-state index < -0.39 is 0 Å². The molecule has 2 rings (SSSR count). The van der Waals surface area contributed by atoms with Crippen molar-refractivity contribution < 1.29 is 4.39 Å². The predicted octanol–water partition coefficient (Wildman–Crippen LogP) is 4.75. The van der Waals surface area contributed by atoms with E-state index in [0.717, 1.165) is 10.0 Å². The molecule has 2 nitrogen and oxygen atoms in total. The number of hydrogen-bond donors (Lipinski definition) is 2. The van der Waals surface area contributed by atoms with E-state index in [4.69, 9.17) is 17.4 Å². The molecule has 3 N–H and O–H groups in total. The molecule has 0 fully saturated rings. The van der Waals surface area contributed by atoms with Gasteiger partial charge in [-0.15, -0.1) is 0 Å². The number of rotatable bonds is 4. The number of hydrazine groups is 1. The van der Waals surface area contributed by atoms with Crippen LogP contribution in [-0.4, -0.2) is 0 Å². The second-order valence-electron chi connectivity index (χ2n) is 4.30. The highest BCUT2D eigenvalue weighted by Gasteiger charge is 2.17. The molecule has 0 saturated carbocycles. The molecule has 106 valence electrons. The molecule has 0 aliphatic carbocycles. The summed E-state index contributed by atoms with van der Waals surface area (Å²) in [6.45, 7) is 0. The molecule has 20 heavy (non-hydrogen) atoms.